The predicted octanol–water partition coefficient (Wildman–Crippen LogP) is 2.47. The number of methoxy groups -OCH3 is 2. The van der Waals surface area contributed by atoms with Gasteiger partial charge in [0.2, 0.25) is 0 Å². The molecule has 0 saturated carbocycles. The lowest BCUT2D eigenvalue weighted by Crippen LogP contribution is -2.49. The van der Waals surface area contributed by atoms with E-state index in [1.54, 1.807) is 25.3 Å². The predicted molar refractivity (Wildman–Crippen MR) is 116 cm³/mol. The summed E-state index contributed by atoms with van der Waals surface area (Å²) in [6, 6.07) is 13.1. The third-order valence-electron chi connectivity index (χ3n) is 5.28. The first-order chi connectivity index (χ1) is 14.5. The number of ketones is 1. The lowest BCUT2D eigenvalue weighted by Gasteiger charge is -2.36. The summed E-state index contributed by atoms with van der Waals surface area (Å²) >= 11 is 0. The lowest BCUT2D eigenvalue weighted by molar-refractivity contribution is 0.0653. The van der Waals surface area contributed by atoms with Crippen molar-refractivity contribution in [1.29, 1.82) is 0 Å². The summed E-state index contributed by atoms with van der Waals surface area (Å²) in [5, 5.41) is 10.4. The number of hydrogen-bond donors (Lipinski definition) is 1. The van der Waals surface area contributed by atoms with Gasteiger partial charge in [-0.15, -0.1) is 0 Å². The van der Waals surface area contributed by atoms with E-state index < -0.39 is 6.10 Å². The topological polar surface area (TPSA) is 71.5 Å². The molecule has 1 N–H and O–H groups in total. The van der Waals surface area contributed by atoms with Gasteiger partial charge < -0.3 is 24.2 Å². The molecule has 0 bridgehead atoms. The smallest absolute Gasteiger partial charge is 0.161 e. The van der Waals surface area contributed by atoms with Gasteiger partial charge in [0.1, 0.15) is 18.5 Å². The third-order valence-corrected chi connectivity index (χ3v) is 5.28. The normalized spacial score (nSPS) is 15.5. The largest absolute Gasteiger partial charge is 0.497 e. The highest BCUT2D eigenvalue weighted by Crippen LogP contribution is 2.28. The Morgan fingerprint density at radius 1 is 1.00 bits per heavy atom. The number of piperazine rings is 1. The summed E-state index contributed by atoms with van der Waals surface area (Å²) in [4.78, 5) is 16.1. The summed E-state index contributed by atoms with van der Waals surface area (Å²) in [5.74, 6) is 1.83. The minimum absolute atomic E-state index is 0.0336. The number of aliphatic hydroxyl groups is 1. The standard InChI is InChI=1S/C23H30N2O5/c1-17(26)18-4-9-22(23(14-18)29-3)30-16-20(27)15-24-10-12-25(13-11-24)19-5-7-21(28-2)8-6-19/h4-9,14,20,27H,10-13,15-16H2,1-3H3. The molecule has 0 aromatic heterocycles. The zero-order valence-corrected chi connectivity index (χ0v) is 17.8. The summed E-state index contributed by atoms with van der Waals surface area (Å²) in [6.07, 6.45) is -0.616. The van der Waals surface area contributed by atoms with Crippen LogP contribution in [0.1, 0.15) is 17.3 Å². The summed E-state index contributed by atoms with van der Waals surface area (Å²) < 4.78 is 16.3. The zero-order valence-electron chi connectivity index (χ0n) is 17.8. The maximum atomic E-state index is 11.5. The molecule has 1 aliphatic heterocycles. The van der Waals surface area contributed by atoms with Crippen molar-refractivity contribution >= 4 is 11.5 Å². The Morgan fingerprint density at radius 3 is 2.30 bits per heavy atom. The van der Waals surface area contributed by atoms with Gasteiger partial charge in [-0.2, -0.15) is 0 Å². The van der Waals surface area contributed by atoms with Crippen molar-refractivity contribution in [2.24, 2.45) is 0 Å². The van der Waals surface area contributed by atoms with E-state index in [1.165, 1.54) is 19.7 Å². The van der Waals surface area contributed by atoms with Gasteiger partial charge in [-0.05, 0) is 49.4 Å². The molecule has 0 spiro atoms. The quantitative estimate of drug-likeness (QED) is 0.632. The Labute approximate surface area is 177 Å². The summed E-state index contributed by atoms with van der Waals surface area (Å²) in [7, 11) is 3.20. The number of carbonyl (C=O) groups excluding carboxylic acids is 1. The van der Waals surface area contributed by atoms with Crippen LogP contribution in [0.25, 0.3) is 0 Å². The number of β-amino-alcohol motifs (C(OH)–C–C–N with tert-alkyl or cyclic N) is 1. The van der Waals surface area contributed by atoms with E-state index >= 15 is 0 Å². The minimum atomic E-state index is -0.616. The van der Waals surface area contributed by atoms with Gasteiger partial charge in [0.25, 0.3) is 0 Å². The molecule has 0 amide bonds. The van der Waals surface area contributed by atoms with Crippen molar-refractivity contribution < 1.29 is 24.1 Å². The molecule has 1 heterocycles. The molecule has 1 unspecified atom stereocenters. The van der Waals surface area contributed by atoms with Crippen molar-refractivity contribution in [3.8, 4) is 17.2 Å². The Hall–Kier alpha value is -2.77. The van der Waals surface area contributed by atoms with Crippen LogP contribution in [0.15, 0.2) is 42.5 Å². The van der Waals surface area contributed by atoms with Gasteiger partial charge in [-0.25, -0.2) is 0 Å². The Bertz CT molecular complexity index is 832. The molecule has 1 saturated heterocycles. The Balaban J connectivity index is 1.46. The summed E-state index contributed by atoms with van der Waals surface area (Å²) in [6.45, 7) is 5.77. The van der Waals surface area contributed by atoms with E-state index in [0.717, 1.165) is 31.9 Å². The molecule has 162 valence electrons. The number of nitrogens with zero attached hydrogens (tertiary/aromatic N) is 2. The number of aliphatic hydroxyl groups excluding tert-OH is 1. The summed E-state index contributed by atoms with van der Waals surface area (Å²) in [5.41, 5.74) is 1.75. The fraction of sp³-hybridized carbons (Fsp3) is 0.435. The van der Waals surface area contributed by atoms with Crippen LogP contribution in [0, 0.1) is 0 Å². The fourth-order valence-corrected chi connectivity index (χ4v) is 3.52. The monoisotopic (exact) mass is 414 g/mol. The van der Waals surface area contributed by atoms with E-state index in [9.17, 15) is 9.90 Å². The van der Waals surface area contributed by atoms with Crippen LogP contribution in [-0.4, -0.2) is 75.4 Å². The second kappa shape index (κ2) is 10.3. The highest BCUT2D eigenvalue weighted by molar-refractivity contribution is 5.94. The molecule has 1 fully saturated rings. The van der Waals surface area contributed by atoms with Crippen molar-refractivity contribution in [2.45, 2.75) is 13.0 Å². The van der Waals surface area contributed by atoms with Crippen LogP contribution < -0.4 is 19.1 Å². The Kier molecular flexibility index (Phi) is 7.54. The average Bonchev–Trinajstić information content (AvgIpc) is 2.78. The van der Waals surface area contributed by atoms with Crippen LogP contribution in [0.5, 0.6) is 17.2 Å². The van der Waals surface area contributed by atoms with E-state index in [-0.39, 0.29) is 12.4 Å². The number of Topliss-reactive ketones (excluding diaryl/α,β-unsaturated/α-hetero) is 1. The Morgan fingerprint density at radius 2 is 1.70 bits per heavy atom. The molecule has 3 rings (SSSR count). The average molecular weight is 415 g/mol. The van der Waals surface area contributed by atoms with E-state index in [4.69, 9.17) is 14.2 Å². The fourth-order valence-electron chi connectivity index (χ4n) is 3.52. The molecule has 1 aliphatic rings. The number of carbonyl (C=O) groups is 1. The van der Waals surface area contributed by atoms with Crippen LogP contribution in [0.3, 0.4) is 0 Å². The maximum Gasteiger partial charge on any atom is 0.161 e. The molecule has 2 aromatic rings. The first kappa shape index (κ1) is 21.9. The molecule has 0 radical (unpaired) electrons. The number of ether oxygens (including phenoxy) is 3. The molecular weight excluding hydrogens is 384 g/mol. The maximum absolute atomic E-state index is 11.5. The van der Waals surface area contributed by atoms with Gasteiger partial charge in [0, 0.05) is 44.0 Å². The van der Waals surface area contributed by atoms with Gasteiger partial charge >= 0.3 is 0 Å². The molecular formula is C23H30N2O5. The number of rotatable bonds is 9. The van der Waals surface area contributed by atoms with Crippen molar-refractivity contribution in [1.82, 2.24) is 4.90 Å². The lowest BCUT2D eigenvalue weighted by atomic mass is 10.1. The van der Waals surface area contributed by atoms with E-state index in [1.807, 2.05) is 12.1 Å². The van der Waals surface area contributed by atoms with Crippen molar-refractivity contribution in [2.75, 3.05) is 58.5 Å². The van der Waals surface area contributed by atoms with Gasteiger partial charge in [0.05, 0.1) is 14.2 Å². The molecule has 0 aliphatic carbocycles. The first-order valence-electron chi connectivity index (χ1n) is 10.1. The molecule has 2 aromatic carbocycles. The third kappa shape index (κ3) is 5.64. The van der Waals surface area contributed by atoms with Crippen molar-refractivity contribution in [3.05, 3.63) is 48.0 Å². The SMILES string of the molecule is COc1ccc(N2CCN(CC(O)COc3ccc(C(C)=O)cc3OC)CC2)cc1. The number of anilines is 1. The molecule has 7 heteroatoms. The zero-order chi connectivity index (χ0) is 21.5. The minimum Gasteiger partial charge on any atom is -0.497 e. The van der Waals surface area contributed by atoms with Crippen LogP contribution in [0.4, 0.5) is 5.69 Å². The molecule has 7 nitrogen and oxygen atoms in total. The highest BCUT2D eigenvalue weighted by atomic mass is 16.5. The van der Waals surface area contributed by atoms with E-state index in [2.05, 4.69) is 21.9 Å². The van der Waals surface area contributed by atoms with Crippen LogP contribution in [-0.2, 0) is 0 Å². The molecule has 1 atom stereocenters. The van der Waals surface area contributed by atoms with Gasteiger partial charge in [-0.1, -0.05) is 0 Å². The van der Waals surface area contributed by atoms with Gasteiger partial charge in [0.15, 0.2) is 17.3 Å². The van der Waals surface area contributed by atoms with E-state index in [0.29, 0.717) is 23.6 Å². The molecule has 30 heavy (non-hydrogen) atoms. The van der Waals surface area contributed by atoms with Crippen molar-refractivity contribution in [3.63, 3.8) is 0 Å². The number of benzene rings is 2. The van der Waals surface area contributed by atoms with Crippen LogP contribution in [0.2, 0.25) is 0 Å². The number of hydrogen-bond acceptors (Lipinski definition) is 7. The highest BCUT2D eigenvalue weighted by Gasteiger charge is 2.20. The van der Waals surface area contributed by atoms with Crippen LogP contribution >= 0.6 is 0 Å². The second-order valence-electron chi connectivity index (χ2n) is 7.37. The second-order valence-corrected chi connectivity index (χ2v) is 7.37. The van der Waals surface area contributed by atoms with Gasteiger partial charge in [-0.3, -0.25) is 9.69 Å². The first-order valence-corrected chi connectivity index (χ1v) is 10.1.